The number of rotatable bonds is 3. The molecule has 0 aromatic heterocycles. The quantitative estimate of drug-likeness (QED) is 0.593. The fourth-order valence-electron chi connectivity index (χ4n) is 0.918. The molecule has 1 aromatic carbocycles. The van der Waals surface area contributed by atoms with Crippen LogP contribution in [0.3, 0.4) is 0 Å². The van der Waals surface area contributed by atoms with E-state index in [0.717, 1.165) is 0 Å². The van der Waals surface area contributed by atoms with E-state index in [0.29, 0.717) is 5.56 Å². The van der Waals surface area contributed by atoms with Gasteiger partial charge in [-0.1, -0.05) is 12.1 Å². The van der Waals surface area contributed by atoms with Crippen molar-refractivity contribution in [2.75, 3.05) is 7.11 Å². The molecule has 0 aliphatic heterocycles. The van der Waals surface area contributed by atoms with E-state index in [2.05, 4.69) is 4.74 Å². The number of carboxylic acids is 1. The molecule has 1 rings (SSSR count). The smallest absolute Gasteiger partial charge is 0.371 e. The molecular formula is C10H9FO3. The summed E-state index contributed by atoms with van der Waals surface area (Å²) in [6, 6.07) is 5.44. The van der Waals surface area contributed by atoms with E-state index < -0.39 is 5.97 Å². The highest BCUT2D eigenvalue weighted by Crippen LogP contribution is 2.08. The molecule has 14 heavy (non-hydrogen) atoms. The van der Waals surface area contributed by atoms with E-state index >= 15 is 0 Å². The summed E-state index contributed by atoms with van der Waals surface area (Å²) in [5.74, 6) is -1.70. The van der Waals surface area contributed by atoms with Crippen molar-refractivity contribution in [3.8, 4) is 0 Å². The molecule has 0 saturated heterocycles. The second-order valence-electron chi connectivity index (χ2n) is 2.57. The first-order chi connectivity index (χ1) is 6.63. The van der Waals surface area contributed by atoms with Crippen molar-refractivity contribution < 1.29 is 19.0 Å². The SMILES string of the molecule is CO/C(=C\c1ccc(F)cc1)C(=O)O. The Balaban J connectivity index is 2.95. The van der Waals surface area contributed by atoms with Gasteiger partial charge in [0, 0.05) is 0 Å². The Morgan fingerprint density at radius 2 is 2.00 bits per heavy atom. The summed E-state index contributed by atoms with van der Waals surface area (Å²) in [7, 11) is 1.27. The summed E-state index contributed by atoms with van der Waals surface area (Å²) in [6.07, 6.45) is 1.32. The van der Waals surface area contributed by atoms with Crippen LogP contribution < -0.4 is 0 Å². The summed E-state index contributed by atoms with van der Waals surface area (Å²) in [5, 5.41) is 8.62. The summed E-state index contributed by atoms with van der Waals surface area (Å²) >= 11 is 0. The molecule has 0 aliphatic carbocycles. The van der Waals surface area contributed by atoms with Gasteiger partial charge in [0.25, 0.3) is 0 Å². The average Bonchev–Trinajstić information content (AvgIpc) is 2.16. The number of carbonyl (C=O) groups is 1. The highest BCUT2D eigenvalue weighted by molar-refractivity contribution is 5.89. The normalized spacial score (nSPS) is 11.1. The van der Waals surface area contributed by atoms with Crippen LogP contribution in [0.25, 0.3) is 6.08 Å². The maximum atomic E-state index is 12.5. The predicted octanol–water partition coefficient (Wildman–Crippen LogP) is 1.90. The molecule has 0 radical (unpaired) electrons. The van der Waals surface area contributed by atoms with Crippen LogP contribution in [0.1, 0.15) is 5.56 Å². The minimum absolute atomic E-state index is 0.184. The topological polar surface area (TPSA) is 46.5 Å². The number of aliphatic carboxylic acids is 1. The first-order valence-corrected chi connectivity index (χ1v) is 3.88. The molecule has 0 fully saturated rings. The van der Waals surface area contributed by atoms with E-state index in [-0.39, 0.29) is 11.6 Å². The fourth-order valence-corrected chi connectivity index (χ4v) is 0.918. The van der Waals surface area contributed by atoms with Gasteiger partial charge in [0.2, 0.25) is 5.76 Å². The van der Waals surface area contributed by atoms with Crippen LogP contribution in [0.5, 0.6) is 0 Å². The third-order valence-electron chi connectivity index (χ3n) is 1.60. The average molecular weight is 196 g/mol. The zero-order valence-corrected chi connectivity index (χ0v) is 7.53. The third kappa shape index (κ3) is 2.58. The van der Waals surface area contributed by atoms with Crippen molar-refractivity contribution in [1.29, 1.82) is 0 Å². The van der Waals surface area contributed by atoms with Gasteiger partial charge in [0.15, 0.2) is 0 Å². The van der Waals surface area contributed by atoms with Gasteiger partial charge in [0.1, 0.15) is 5.82 Å². The Labute approximate surface area is 80.4 Å². The lowest BCUT2D eigenvalue weighted by atomic mass is 10.2. The fraction of sp³-hybridized carbons (Fsp3) is 0.100. The minimum atomic E-state index is -1.16. The van der Waals surface area contributed by atoms with Crippen LogP contribution in [-0.2, 0) is 9.53 Å². The second-order valence-corrected chi connectivity index (χ2v) is 2.57. The number of methoxy groups -OCH3 is 1. The van der Waals surface area contributed by atoms with Crippen molar-refractivity contribution >= 4 is 12.0 Å². The van der Waals surface area contributed by atoms with E-state index in [1.54, 1.807) is 0 Å². The van der Waals surface area contributed by atoms with Crippen molar-refractivity contribution in [3.63, 3.8) is 0 Å². The standard InChI is InChI=1S/C10H9FO3/c1-14-9(10(12)13)6-7-2-4-8(11)5-3-7/h2-6H,1H3,(H,12,13)/b9-6-. The molecule has 0 atom stereocenters. The van der Waals surface area contributed by atoms with Gasteiger partial charge in [-0.3, -0.25) is 0 Å². The molecule has 0 spiro atoms. The van der Waals surface area contributed by atoms with E-state index in [1.165, 1.54) is 37.5 Å². The summed E-state index contributed by atoms with van der Waals surface area (Å²) < 4.78 is 17.1. The first kappa shape index (κ1) is 10.2. The van der Waals surface area contributed by atoms with Gasteiger partial charge in [0.05, 0.1) is 7.11 Å². The molecule has 1 aromatic rings. The molecule has 0 bridgehead atoms. The first-order valence-electron chi connectivity index (χ1n) is 3.88. The summed E-state index contributed by atoms with van der Waals surface area (Å²) in [6.45, 7) is 0. The lowest BCUT2D eigenvalue weighted by Crippen LogP contribution is -2.01. The molecule has 74 valence electrons. The molecular weight excluding hydrogens is 187 g/mol. The molecule has 3 nitrogen and oxygen atoms in total. The highest BCUT2D eigenvalue weighted by atomic mass is 19.1. The number of hydrogen-bond donors (Lipinski definition) is 1. The Morgan fingerprint density at radius 1 is 1.43 bits per heavy atom. The van der Waals surface area contributed by atoms with Crippen molar-refractivity contribution in [2.24, 2.45) is 0 Å². The number of hydrogen-bond acceptors (Lipinski definition) is 2. The number of halogens is 1. The highest BCUT2D eigenvalue weighted by Gasteiger charge is 2.05. The monoisotopic (exact) mass is 196 g/mol. The molecule has 0 unspecified atom stereocenters. The van der Waals surface area contributed by atoms with Crippen LogP contribution in [-0.4, -0.2) is 18.2 Å². The number of benzene rings is 1. The zero-order chi connectivity index (χ0) is 10.6. The molecule has 0 saturated carbocycles. The lowest BCUT2D eigenvalue weighted by molar-refractivity contribution is -0.135. The van der Waals surface area contributed by atoms with E-state index in [1.807, 2.05) is 0 Å². The van der Waals surface area contributed by atoms with E-state index in [9.17, 15) is 9.18 Å². The minimum Gasteiger partial charge on any atom is -0.490 e. The number of ether oxygens (including phenoxy) is 1. The molecule has 4 heteroatoms. The van der Waals surface area contributed by atoms with Crippen molar-refractivity contribution in [3.05, 3.63) is 41.4 Å². The van der Waals surface area contributed by atoms with Crippen LogP contribution in [0, 0.1) is 5.82 Å². The lowest BCUT2D eigenvalue weighted by Gasteiger charge is -1.99. The maximum Gasteiger partial charge on any atom is 0.371 e. The Kier molecular flexibility index (Phi) is 3.23. The molecule has 0 heterocycles. The largest absolute Gasteiger partial charge is 0.490 e. The summed E-state index contributed by atoms with van der Waals surface area (Å²) in [5.41, 5.74) is 0.575. The van der Waals surface area contributed by atoms with E-state index in [4.69, 9.17) is 5.11 Å². The maximum absolute atomic E-state index is 12.5. The van der Waals surface area contributed by atoms with Crippen LogP contribution >= 0.6 is 0 Å². The predicted molar refractivity (Wildman–Crippen MR) is 49.0 cm³/mol. The Bertz CT molecular complexity index is 354. The molecule has 0 aliphatic rings. The number of carboxylic acid groups (broad SMARTS) is 1. The van der Waals surface area contributed by atoms with Crippen LogP contribution in [0.4, 0.5) is 4.39 Å². The second kappa shape index (κ2) is 4.41. The van der Waals surface area contributed by atoms with Gasteiger partial charge in [-0.25, -0.2) is 9.18 Å². The van der Waals surface area contributed by atoms with Gasteiger partial charge in [-0.2, -0.15) is 0 Å². The molecule has 1 N–H and O–H groups in total. The van der Waals surface area contributed by atoms with Crippen LogP contribution in [0.2, 0.25) is 0 Å². The Hall–Kier alpha value is -1.84. The molecule has 0 amide bonds. The third-order valence-corrected chi connectivity index (χ3v) is 1.60. The zero-order valence-electron chi connectivity index (χ0n) is 7.53. The van der Waals surface area contributed by atoms with Crippen molar-refractivity contribution in [2.45, 2.75) is 0 Å². The Morgan fingerprint density at radius 3 is 2.43 bits per heavy atom. The van der Waals surface area contributed by atoms with Gasteiger partial charge < -0.3 is 9.84 Å². The van der Waals surface area contributed by atoms with Gasteiger partial charge in [-0.05, 0) is 23.8 Å². The van der Waals surface area contributed by atoms with Crippen molar-refractivity contribution in [1.82, 2.24) is 0 Å². The van der Waals surface area contributed by atoms with Crippen LogP contribution in [0.15, 0.2) is 30.0 Å². The summed E-state index contributed by atoms with van der Waals surface area (Å²) in [4.78, 5) is 10.5. The van der Waals surface area contributed by atoms with Gasteiger partial charge in [-0.15, -0.1) is 0 Å². The van der Waals surface area contributed by atoms with Gasteiger partial charge >= 0.3 is 5.97 Å².